The SMILES string of the molecule is COc1ccccc1-c1c(C(F)(F)F)oc2cc(OC(=O)c3ccc(C)cc3)ccc2c1=O. The third-order valence-corrected chi connectivity index (χ3v) is 5.00. The molecule has 0 aliphatic heterocycles. The minimum absolute atomic E-state index is 0.0437. The fraction of sp³-hybridized carbons (Fsp3) is 0.120. The van der Waals surface area contributed by atoms with E-state index in [1.165, 1.54) is 37.4 Å². The molecule has 0 aliphatic carbocycles. The van der Waals surface area contributed by atoms with Crippen LogP contribution in [-0.4, -0.2) is 13.1 Å². The predicted octanol–water partition coefficient (Wildman–Crippen LogP) is 6.02. The molecule has 8 heteroatoms. The van der Waals surface area contributed by atoms with Crippen LogP contribution in [-0.2, 0) is 6.18 Å². The molecule has 3 aromatic carbocycles. The molecular formula is C25H17F3O5. The van der Waals surface area contributed by atoms with Gasteiger partial charge in [-0.25, -0.2) is 4.79 Å². The standard InChI is InChI=1S/C25H17F3O5/c1-14-7-9-15(10-8-14)24(30)32-16-11-12-18-20(13-16)33-23(25(26,27)28)21(22(18)29)17-5-3-4-6-19(17)31-2/h3-13H,1-2H3. The van der Waals surface area contributed by atoms with Crippen LogP contribution in [0.25, 0.3) is 22.1 Å². The van der Waals surface area contributed by atoms with Crippen LogP contribution in [0, 0.1) is 6.92 Å². The Morgan fingerprint density at radius 1 is 0.970 bits per heavy atom. The summed E-state index contributed by atoms with van der Waals surface area (Å²) in [5, 5.41) is -0.0981. The lowest BCUT2D eigenvalue weighted by Gasteiger charge is -2.15. The Morgan fingerprint density at radius 3 is 2.33 bits per heavy atom. The summed E-state index contributed by atoms with van der Waals surface area (Å²) in [6.07, 6.45) is -4.96. The maximum absolute atomic E-state index is 13.9. The lowest BCUT2D eigenvalue weighted by Crippen LogP contribution is -2.16. The third kappa shape index (κ3) is 4.32. The quantitative estimate of drug-likeness (QED) is 0.279. The van der Waals surface area contributed by atoms with Crippen molar-refractivity contribution < 1.29 is 31.9 Å². The molecule has 0 saturated heterocycles. The van der Waals surface area contributed by atoms with E-state index in [4.69, 9.17) is 13.9 Å². The summed E-state index contributed by atoms with van der Waals surface area (Å²) in [6, 6.07) is 16.1. The number of halogens is 3. The number of carbonyl (C=O) groups excluding carboxylic acids is 1. The van der Waals surface area contributed by atoms with E-state index in [2.05, 4.69) is 0 Å². The highest BCUT2D eigenvalue weighted by atomic mass is 19.4. The molecule has 168 valence electrons. The van der Waals surface area contributed by atoms with Crippen LogP contribution in [0.2, 0.25) is 0 Å². The number of fused-ring (bicyclic) bond motifs is 1. The van der Waals surface area contributed by atoms with Crippen LogP contribution in [0.15, 0.2) is 75.9 Å². The Hall–Kier alpha value is -4.07. The fourth-order valence-electron chi connectivity index (χ4n) is 3.39. The van der Waals surface area contributed by atoms with Crippen LogP contribution in [0.3, 0.4) is 0 Å². The minimum Gasteiger partial charge on any atom is -0.496 e. The van der Waals surface area contributed by atoms with Crippen molar-refractivity contribution in [2.24, 2.45) is 0 Å². The summed E-state index contributed by atoms with van der Waals surface area (Å²) in [7, 11) is 1.30. The van der Waals surface area contributed by atoms with Gasteiger partial charge in [0.1, 0.15) is 17.1 Å². The molecule has 33 heavy (non-hydrogen) atoms. The maximum Gasteiger partial charge on any atom is 0.450 e. The van der Waals surface area contributed by atoms with Gasteiger partial charge in [0.05, 0.1) is 23.6 Å². The second kappa shape index (κ2) is 8.46. The number of benzene rings is 3. The summed E-state index contributed by atoms with van der Waals surface area (Å²) in [4.78, 5) is 25.5. The summed E-state index contributed by atoms with van der Waals surface area (Å²) < 4.78 is 57.2. The summed E-state index contributed by atoms with van der Waals surface area (Å²) >= 11 is 0. The Bertz CT molecular complexity index is 1400. The first kappa shape index (κ1) is 22.1. The van der Waals surface area contributed by atoms with E-state index >= 15 is 0 Å². The zero-order valence-corrected chi connectivity index (χ0v) is 17.5. The van der Waals surface area contributed by atoms with Crippen LogP contribution in [0.5, 0.6) is 11.5 Å². The first-order valence-corrected chi connectivity index (χ1v) is 9.79. The van der Waals surface area contributed by atoms with E-state index in [-0.39, 0.29) is 33.6 Å². The number of aryl methyl sites for hydroxylation is 1. The van der Waals surface area contributed by atoms with Crippen molar-refractivity contribution in [3.05, 3.63) is 93.8 Å². The van der Waals surface area contributed by atoms with Gasteiger partial charge in [0.2, 0.25) is 11.2 Å². The molecule has 0 bridgehead atoms. The van der Waals surface area contributed by atoms with Gasteiger partial charge < -0.3 is 13.9 Å². The van der Waals surface area contributed by atoms with Crippen molar-refractivity contribution in [2.45, 2.75) is 13.1 Å². The largest absolute Gasteiger partial charge is 0.496 e. The van der Waals surface area contributed by atoms with Crippen molar-refractivity contribution in [2.75, 3.05) is 7.11 Å². The van der Waals surface area contributed by atoms with Gasteiger partial charge in [0, 0.05) is 11.6 Å². The Morgan fingerprint density at radius 2 is 1.67 bits per heavy atom. The van der Waals surface area contributed by atoms with Gasteiger partial charge in [-0.1, -0.05) is 35.9 Å². The fourth-order valence-corrected chi connectivity index (χ4v) is 3.39. The summed E-state index contributed by atoms with van der Waals surface area (Å²) in [5.41, 5.74) is -0.728. The van der Waals surface area contributed by atoms with Gasteiger partial charge in [0.15, 0.2) is 0 Å². The topological polar surface area (TPSA) is 65.7 Å². The molecule has 0 aliphatic rings. The highest BCUT2D eigenvalue weighted by molar-refractivity contribution is 5.92. The average molecular weight is 454 g/mol. The number of methoxy groups -OCH3 is 1. The van der Waals surface area contributed by atoms with E-state index < -0.39 is 28.9 Å². The summed E-state index contributed by atoms with van der Waals surface area (Å²) in [5.74, 6) is -2.13. The van der Waals surface area contributed by atoms with Gasteiger partial charge in [0.25, 0.3) is 0 Å². The van der Waals surface area contributed by atoms with Crippen LogP contribution >= 0.6 is 0 Å². The molecule has 0 amide bonds. The first-order chi connectivity index (χ1) is 15.7. The van der Waals surface area contributed by atoms with Gasteiger partial charge in [-0.2, -0.15) is 13.2 Å². The second-order valence-corrected chi connectivity index (χ2v) is 7.25. The highest BCUT2D eigenvalue weighted by Gasteiger charge is 2.40. The van der Waals surface area contributed by atoms with Crippen molar-refractivity contribution >= 4 is 16.9 Å². The number of para-hydroxylation sites is 1. The normalized spacial score (nSPS) is 11.4. The van der Waals surface area contributed by atoms with Crippen molar-refractivity contribution in [3.63, 3.8) is 0 Å². The predicted molar refractivity (Wildman–Crippen MR) is 116 cm³/mol. The minimum atomic E-state index is -4.96. The molecule has 4 aromatic rings. The van der Waals surface area contributed by atoms with E-state index in [1.54, 1.807) is 30.3 Å². The molecule has 0 spiro atoms. The van der Waals surface area contributed by atoms with Crippen LogP contribution in [0.4, 0.5) is 13.2 Å². The van der Waals surface area contributed by atoms with Crippen molar-refractivity contribution in [1.29, 1.82) is 0 Å². The molecule has 0 saturated carbocycles. The molecule has 0 unspecified atom stereocenters. The maximum atomic E-state index is 13.9. The molecule has 1 aromatic heterocycles. The summed E-state index contributed by atoms with van der Waals surface area (Å²) in [6.45, 7) is 1.86. The van der Waals surface area contributed by atoms with E-state index in [1.807, 2.05) is 6.92 Å². The van der Waals surface area contributed by atoms with Crippen LogP contribution in [0.1, 0.15) is 21.7 Å². The number of hydrogen-bond acceptors (Lipinski definition) is 5. The Kier molecular flexibility index (Phi) is 5.68. The molecule has 0 atom stereocenters. The van der Waals surface area contributed by atoms with Gasteiger partial charge in [-0.3, -0.25) is 4.79 Å². The lowest BCUT2D eigenvalue weighted by atomic mass is 10.0. The Balaban J connectivity index is 1.84. The molecule has 4 rings (SSSR count). The Labute approximate surface area is 186 Å². The zero-order chi connectivity index (χ0) is 23.8. The van der Waals surface area contributed by atoms with Crippen molar-refractivity contribution in [3.8, 4) is 22.6 Å². The van der Waals surface area contributed by atoms with Crippen molar-refractivity contribution in [1.82, 2.24) is 0 Å². The van der Waals surface area contributed by atoms with E-state index in [0.29, 0.717) is 0 Å². The second-order valence-electron chi connectivity index (χ2n) is 7.25. The van der Waals surface area contributed by atoms with Gasteiger partial charge in [-0.15, -0.1) is 0 Å². The van der Waals surface area contributed by atoms with Crippen LogP contribution < -0.4 is 14.9 Å². The van der Waals surface area contributed by atoms with E-state index in [9.17, 15) is 22.8 Å². The molecule has 0 radical (unpaired) electrons. The highest BCUT2D eigenvalue weighted by Crippen LogP contribution is 2.40. The average Bonchev–Trinajstić information content (AvgIpc) is 2.78. The van der Waals surface area contributed by atoms with E-state index in [0.717, 1.165) is 11.6 Å². The van der Waals surface area contributed by atoms with Gasteiger partial charge >= 0.3 is 12.1 Å². The number of rotatable bonds is 4. The molecule has 0 N–H and O–H groups in total. The molecular weight excluding hydrogens is 437 g/mol. The zero-order valence-electron chi connectivity index (χ0n) is 17.5. The first-order valence-electron chi connectivity index (χ1n) is 9.79. The number of alkyl halides is 3. The molecule has 5 nitrogen and oxygen atoms in total. The number of hydrogen-bond donors (Lipinski definition) is 0. The molecule has 1 heterocycles. The van der Waals surface area contributed by atoms with Gasteiger partial charge in [-0.05, 0) is 37.3 Å². The number of ether oxygens (including phenoxy) is 2. The lowest BCUT2D eigenvalue weighted by molar-refractivity contribution is -0.152. The third-order valence-electron chi connectivity index (χ3n) is 5.00. The monoisotopic (exact) mass is 454 g/mol. The number of carbonyl (C=O) groups is 1. The smallest absolute Gasteiger partial charge is 0.450 e. The number of esters is 1. The molecule has 0 fully saturated rings.